The molecule has 1 unspecified atom stereocenters. The zero-order valence-electron chi connectivity index (χ0n) is 13.2. The van der Waals surface area contributed by atoms with Gasteiger partial charge in [0.15, 0.2) is 11.6 Å². The van der Waals surface area contributed by atoms with Gasteiger partial charge in [-0.2, -0.15) is 0 Å². The third-order valence-electron chi connectivity index (χ3n) is 4.27. The minimum Gasteiger partial charge on any atom is -0.336 e. The number of nitrogens with zero attached hydrogens (tertiary/aromatic N) is 3. The maximum Gasteiger partial charge on any atom is 0.184 e. The van der Waals surface area contributed by atoms with Crippen LogP contribution in [0.5, 0.6) is 0 Å². The first kappa shape index (κ1) is 17.1. The van der Waals surface area contributed by atoms with Crippen LogP contribution in [-0.2, 0) is 5.41 Å². The molecule has 4 nitrogen and oxygen atoms in total. The first-order valence-electron chi connectivity index (χ1n) is 7.59. The van der Waals surface area contributed by atoms with Crippen molar-refractivity contribution >= 4 is 23.2 Å². The van der Waals surface area contributed by atoms with Crippen molar-refractivity contribution in [2.45, 2.75) is 51.9 Å². The van der Waals surface area contributed by atoms with Crippen LogP contribution in [0.1, 0.15) is 52.3 Å². The van der Waals surface area contributed by atoms with Crippen molar-refractivity contribution < 1.29 is 0 Å². The van der Waals surface area contributed by atoms with E-state index in [0.29, 0.717) is 15.9 Å². The van der Waals surface area contributed by atoms with Crippen LogP contribution in [0.3, 0.4) is 0 Å². The first-order valence-corrected chi connectivity index (χ1v) is 8.35. The number of nitrogens with two attached hydrogens (primary N) is 1. The number of nitrogen functional groups attached to an aromatic ring is 1. The van der Waals surface area contributed by atoms with Gasteiger partial charge in [0.2, 0.25) is 0 Å². The molecular formula is C16H22Cl2N4. The second-order valence-electron chi connectivity index (χ2n) is 5.86. The fourth-order valence-corrected chi connectivity index (χ4v) is 3.06. The van der Waals surface area contributed by atoms with Crippen LogP contribution in [0.25, 0.3) is 11.4 Å². The highest BCUT2D eigenvalue weighted by Crippen LogP contribution is 2.34. The van der Waals surface area contributed by atoms with Gasteiger partial charge in [0.05, 0.1) is 5.02 Å². The zero-order chi connectivity index (χ0) is 16.3. The predicted molar refractivity (Wildman–Crippen MR) is 92.8 cm³/mol. The second-order valence-corrected chi connectivity index (χ2v) is 6.70. The number of halogens is 2. The standard InChI is InChI=1S/C16H22Cl2N4/c1-4-6-9-16(3,5-2)15-21-20-14(22(15)19)12-8-7-11(17)10-13(12)18/h7-8,10H,4-6,9,19H2,1-3H3. The van der Waals surface area contributed by atoms with Crippen LogP contribution in [0, 0.1) is 0 Å². The van der Waals surface area contributed by atoms with E-state index in [1.165, 1.54) is 0 Å². The summed E-state index contributed by atoms with van der Waals surface area (Å²) in [6.07, 6.45) is 4.26. The number of hydrogen-bond acceptors (Lipinski definition) is 3. The van der Waals surface area contributed by atoms with Crippen molar-refractivity contribution in [1.82, 2.24) is 14.9 Å². The molecule has 0 spiro atoms. The summed E-state index contributed by atoms with van der Waals surface area (Å²) in [7, 11) is 0. The van der Waals surface area contributed by atoms with Gasteiger partial charge in [0.1, 0.15) is 0 Å². The van der Waals surface area contributed by atoms with Gasteiger partial charge in [-0.05, 0) is 31.0 Å². The Morgan fingerprint density at radius 1 is 1.23 bits per heavy atom. The van der Waals surface area contributed by atoms with Gasteiger partial charge < -0.3 is 5.84 Å². The summed E-state index contributed by atoms with van der Waals surface area (Å²) in [5.74, 6) is 7.63. The van der Waals surface area contributed by atoms with Crippen molar-refractivity contribution in [2.24, 2.45) is 0 Å². The number of benzene rings is 1. The lowest BCUT2D eigenvalue weighted by Crippen LogP contribution is -2.29. The number of rotatable bonds is 6. The van der Waals surface area contributed by atoms with Gasteiger partial charge in [-0.1, -0.05) is 56.8 Å². The van der Waals surface area contributed by atoms with E-state index in [1.54, 1.807) is 16.8 Å². The highest BCUT2D eigenvalue weighted by molar-refractivity contribution is 6.36. The minimum atomic E-state index is -0.0884. The van der Waals surface area contributed by atoms with E-state index >= 15 is 0 Å². The van der Waals surface area contributed by atoms with E-state index in [1.807, 2.05) is 6.07 Å². The molecule has 2 aromatic rings. The molecule has 0 saturated heterocycles. The van der Waals surface area contributed by atoms with E-state index < -0.39 is 0 Å². The topological polar surface area (TPSA) is 56.7 Å². The molecule has 0 aliphatic rings. The lowest BCUT2D eigenvalue weighted by molar-refractivity contribution is 0.372. The van der Waals surface area contributed by atoms with E-state index in [4.69, 9.17) is 29.0 Å². The van der Waals surface area contributed by atoms with Gasteiger partial charge in [-0.25, -0.2) is 4.68 Å². The SMILES string of the molecule is CCCCC(C)(CC)c1nnc(-c2ccc(Cl)cc2Cl)n1N. The normalized spacial score (nSPS) is 14.0. The molecular weight excluding hydrogens is 319 g/mol. The summed E-state index contributed by atoms with van der Waals surface area (Å²) in [5.41, 5.74) is 0.649. The summed E-state index contributed by atoms with van der Waals surface area (Å²) in [6.45, 7) is 6.52. The van der Waals surface area contributed by atoms with E-state index in [2.05, 4.69) is 31.0 Å². The molecule has 1 aromatic heterocycles. The molecule has 0 aliphatic heterocycles. The molecule has 2 rings (SSSR count). The van der Waals surface area contributed by atoms with Gasteiger partial charge in [0, 0.05) is 16.0 Å². The molecule has 1 aromatic carbocycles. The summed E-state index contributed by atoms with van der Waals surface area (Å²) in [6, 6.07) is 5.27. The molecule has 6 heteroatoms. The summed E-state index contributed by atoms with van der Waals surface area (Å²) < 4.78 is 1.56. The molecule has 1 heterocycles. The molecule has 0 fully saturated rings. The molecule has 0 aliphatic carbocycles. The largest absolute Gasteiger partial charge is 0.336 e. The van der Waals surface area contributed by atoms with Crippen molar-refractivity contribution in [3.8, 4) is 11.4 Å². The van der Waals surface area contributed by atoms with Crippen LogP contribution in [-0.4, -0.2) is 14.9 Å². The van der Waals surface area contributed by atoms with Crippen LogP contribution >= 0.6 is 23.2 Å². The Labute approximate surface area is 141 Å². The van der Waals surface area contributed by atoms with Crippen LogP contribution in [0.15, 0.2) is 18.2 Å². The third-order valence-corrected chi connectivity index (χ3v) is 4.82. The van der Waals surface area contributed by atoms with Gasteiger partial charge >= 0.3 is 0 Å². The van der Waals surface area contributed by atoms with Crippen molar-refractivity contribution in [3.63, 3.8) is 0 Å². The van der Waals surface area contributed by atoms with Gasteiger partial charge in [0.25, 0.3) is 0 Å². The average Bonchev–Trinajstić information content (AvgIpc) is 2.87. The van der Waals surface area contributed by atoms with E-state index in [-0.39, 0.29) is 5.41 Å². The average molecular weight is 341 g/mol. The summed E-state index contributed by atoms with van der Waals surface area (Å²) >= 11 is 12.2. The number of aromatic nitrogens is 3. The fourth-order valence-electron chi connectivity index (χ4n) is 2.57. The maximum atomic E-state index is 6.28. The first-order chi connectivity index (χ1) is 10.4. The minimum absolute atomic E-state index is 0.0884. The highest BCUT2D eigenvalue weighted by atomic mass is 35.5. The third kappa shape index (κ3) is 3.23. The lowest BCUT2D eigenvalue weighted by atomic mass is 9.81. The Balaban J connectivity index is 2.44. The molecule has 0 bridgehead atoms. The Morgan fingerprint density at radius 2 is 1.95 bits per heavy atom. The van der Waals surface area contributed by atoms with Crippen LogP contribution < -0.4 is 5.84 Å². The molecule has 1 atom stereocenters. The summed E-state index contributed by atoms with van der Waals surface area (Å²) in [5, 5.41) is 9.71. The van der Waals surface area contributed by atoms with Crippen LogP contribution in [0.2, 0.25) is 10.0 Å². The zero-order valence-corrected chi connectivity index (χ0v) is 14.7. The number of hydrogen-bond donors (Lipinski definition) is 1. The second kappa shape index (κ2) is 6.88. The molecule has 120 valence electrons. The Hall–Kier alpha value is -1.26. The fraction of sp³-hybridized carbons (Fsp3) is 0.500. The molecule has 2 N–H and O–H groups in total. The van der Waals surface area contributed by atoms with Gasteiger partial charge in [-0.3, -0.25) is 0 Å². The Bertz CT molecular complexity index is 654. The molecule has 0 radical (unpaired) electrons. The van der Waals surface area contributed by atoms with Crippen LogP contribution in [0.4, 0.5) is 0 Å². The predicted octanol–water partition coefficient (Wildman–Crippen LogP) is 4.82. The summed E-state index contributed by atoms with van der Waals surface area (Å²) in [4.78, 5) is 0. The van der Waals surface area contributed by atoms with Crippen molar-refractivity contribution in [1.29, 1.82) is 0 Å². The Kier molecular flexibility index (Phi) is 5.35. The highest BCUT2D eigenvalue weighted by Gasteiger charge is 2.31. The molecule has 0 saturated carbocycles. The lowest BCUT2D eigenvalue weighted by Gasteiger charge is -2.26. The van der Waals surface area contributed by atoms with E-state index in [0.717, 1.165) is 37.1 Å². The van der Waals surface area contributed by atoms with Crippen molar-refractivity contribution in [3.05, 3.63) is 34.1 Å². The molecule has 0 amide bonds. The monoisotopic (exact) mass is 340 g/mol. The molecule has 22 heavy (non-hydrogen) atoms. The number of unbranched alkanes of at least 4 members (excludes halogenated alkanes) is 1. The maximum absolute atomic E-state index is 6.28. The Morgan fingerprint density at radius 3 is 2.55 bits per heavy atom. The quantitative estimate of drug-likeness (QED) is 0.766. The van der Waals surface area contributed by atoms with Crippen molar-refractivity contribution in [2.75, 3.05) is 5.84 Å². The smallest absolute Gasteiger partial charge is 0.184 e. The van der Waals surface area contributed by atoms with Gasteiger partial charge in [-0.15, -0.1) is 10.2 Å². The van der Waals surface area contributed by atoms with E-state index in [9.17, 15) is 0 Å².